The predicted molar refractivity (Wildman–Crippen MR) is 162 cm³/mol. The monoisotopic (exact) mass is 603 g/mol. The lowest BCUT2D eigenvalue weighted by molar-refractivity contribution is -0.140. The van der Waals surface area contributed by atoms with Crippen LogP contribution < -0.4 is 9.62 Å². The number of halogens is 2. The first kappa shape index (κ1) is 31.5. The SMILES string of the molecule is CC[C@H](C)NC(=O)[C@@H](Cc1ccccc1)N(Cc1ccc(Cl)cc1Cl)C(=O)CN(c1ccc(C)cc1)S(C)(=O)=O. The topological polar surface area (TPSA) is 86.8 Å². The van der Waals surface area contributed by atoms with E-state index in [1.54, 1.807) is 42.5 Å². The molecule has 3 aromatic carbocycles. The van der Waals surface area contributed by atoms with Crippen molar-refractivity contribution in [2.75, 3.05) is 17.1 Å². The predicted octanol–water partition coefficient (Wildman–Crippen LogP) is 5.62. The summed E-state index contributed by atoms with van der Waals surface area (Å²) in [5.41, 5.74) is 2.74. The number of sulfonamides is 1. The molecule has 0 unspecified atom stereocenters. The van der Waals surface area contributed by atoms with Crippen molar-refractivity contribution >= 4 is 50.7 Å². The lowest BCUT2D eigenvalue weighted by Gasteiger charge is -2.34. The summed E-state index contributed by atoms with van der Waals surface area (Å²) in [5.74, 6) is -0.880. The Kier molecular flexibility index (Phi) is 11.0. The minimum Gasteiger partial charge on any atom is -0.352 e. The zero-order chi connectivity index (χ0) is 29.4. The van der Waals surface area contributed by atoms with Gasteiger partial charge in [-0.1, -0.05) is 84.2 Å². The molecular formula is C30H35Cl2N3O4S. The van der Waals surface area contributed by atoms with Crippen molar-refractivity contribution in [3.63, 3.8) is 0 Å². The average Bonchev–Trinajstić information content (AvgIpc) is 2.90. The maximum Gasteiger partial charge on any atom is 0.244 e. The Morgan fingerprint density at radius 2 is 1.62 bits per heavy atom. The van der Waals surface area contributed by atoms with Crippen LogP contribution in [0.1, 0.15) is 37.0 Å². The molecule has 10 heteroatoms. The Morgan fingerprint density at radius 1 is 0.975 bits per heavy atom. The molecule has 40 heavy (non-hydrogen) atoms. The Morgan fingerprint density at radius 3 is 2.20 bits per heavy atom. The third-order valence-electron chi connectivity index (χ3n) is 6.63. The molecule has 3 rings (SSSR count). The average molecular weight is 605 g/mol. The van der Waals surface area contributed by atoms with Gasteiger partial charge in [-0.25, -0.2) is 8.42 Å². The van der Waals surface area contributed by atoms with E-state index in [4.69, 9.17) is 23.2 Å². The van der Waals surface area contributed by atoms with Crippen molar-refractivity contribution in [2.45, 2.75) is 52.2 Å². The van der Waals surface area contributed by atoms with E-state index >= 15 is 0 Å². The first-order valence-electron chi connectivity index (χ1n) is 13.0. The van der Waals surface area contributed by atoms with E-state index in [-0.39, 0.29) is 24.9 Å². The van der Waals surface area contributed by atoms with Crippen LogP contribution in [0.5, 0.6) is 0 Å². The zero-order valence-corrected chi connectivity index (χ0v) is 25.4. The van der Waals surface area contributed by atoms with Crippen molar-refractivity contribution in [1.29, 1.82) is 0 Å². The molecule has 0 aliphatic heterocycles. The third kappa shape index (κ3) is 8.71. The summed E-state index contributed by atoms with van der Waals surface area (Å²) in [7, 11) is -3.83. The van der Waals surface area contributed by atoms with Gasteiger partial charge in [-0.3, -0.25) is 13.9 Å². The first-order valence-corrected chi connectivity index (χ1v) is 15.6. The molecule has 2 atom stereocenters. The lowest BCUT2D eigenvalue weighted by Crippen LogP contribution is -2.54. The fourth-order valence-corrected chi connectivity index (χ4v) is 5.47. The summed E-state index contributed by atoms with van der Waals surface area (Å²) < 4.78 is 26.7. The molecule has 214 valence electrons. The van der Waals surface area contributed by atoms with Gasteiger partial charge in [-0.2, -0.15) is 0 Å². The lowest BCUT2D eigenvalue weighted by atomic mass is 10.0. The smallest absolute Gasteiger partial charge is 0.244 e. The molecule has 0 fully saturated rings. The van der Waals surface area contributed by atoms with E-state index in [9.17, 15) is 18.0 Å². The summed E-state index contributed by atoms with van der Waals surface area (Å²) in [4.78, 5) is 29.2. The fourth-order valence-electron chi connectivity index (χ4n) is 4.15. The fraction of sp³-hybridized carbons (Fsp3) is 0.333. The summed E-state index contributed by atoms with van der Waals surface area (Å²) in [5, 5.41) is 3.77. The van der Waals surface area contributed by atoms with Gasteiger partial charge in [0.2, 0.25) is 21.8 Å². The highest BCUT2D eigenvalue weighted by molar-refractivity contribution is 7.92. The second kappa shape index (κ2) is 14.0. The normalized spacial score (nSPS) is 12.8. The molecule has 0 radical (unpaired) electrons. The third-order valence-corrected chi connectivity index (χ3v) is 8.36. The van der Waals surface area contributed by atoms with Gasteiger partial charge in [0.05, 0.1) is 11.9 Å². The number of nitrogens with one attached hydrogen (secondary N) is 1. The van der Waals surface area contributed by atoms with Crippen LogP contribution in [0.25, 0.3) is 0 Å². The van der Waals surface area contributed by atoms with Crippen molar-refractivity contribution in [3.8, 4) is 0 Å². The highest BCUT2D eigenvalue weighted by Gasteiger charge is 2.33. The number of carbonyl (C=O) groups is 2. The molecule has 2 amide bonds. The largest absolute Gasteiger partial charge is 0.352 e. The molecule has 0 heterocycles. The number of rotatable bonds is 12. The first-order chi connectivity index (χ1) is 18.9. The van der Waals surface area contributed by atoms with E-state index in [1.807, 2.05) is 51.1 Å². The van der Waals surface area contributed by atoms with Crippen LogP contribution in [0.2, 0.25) is 10.0 Å². The zero-order valence-electron chi connectivity index (χ0n) is 23.1. The van der Waals surface area contributed by atoms with E-state index in [1.165, 1.54) is 4.90 Å². The van der Waals surface area contributed by atoms with Gasteiger partial charge < -0.3 is 10.2 Å². The van der Waals surface area contributed by atoms with Crippen molar-refractivity contribution < 1.29 is 18.0 Å². The molecule has 0 saturated carbocycles. The Bertz CT molecular complexity index is 1420. The quantitative estimate of drug-likeness (QED) is 0.291. The van der Waals surface area contributed by atoms with Gasteiger partial charge >= 0.3 is 0 Å². The van der Waals surface area contributed by atoms with Gasteiger partial charge in [0.25, 0.3) is 0 Å². The molecule has 0 bridgehead atoms. The van der Waals surface area contributed by atoms with Crippen LogP contribution >= 0.6 is 23.2 Å². The van der Waals surface area contributed by atoms with Crippen molar-refractivity contribution in [1.82, 2.24) is 10.2 Å². The molecule has 0 aliphatic carbocycles. The summed E-state index contributed by atoms with van der Waals surface area (Å²) in [6, 6.07) is 20.1. The Labute approximate surface area is 247 Å². The molecule has 7 nitrogen and oxygen atoms in total. The summed E-state index contributed by atoms with van der Waals surface area (Å²) >= 11 is 12.6. The number of amides is 2. The van der Waals surface area contributed by atoms with Crippen LogP contribution in [-0.2, 0) is 32.6 Å². The second-order valence-corrected chi connectivity index (χ2v) is 12.6. The van der Waals surface area contributed by atoms with Crippen LogP contribution in [0, 0.1) is 6.92 Å². The second-order valence-electron chi connectivity index (χ2n) is 9.89. The number of nitrogens with zero attached hydrogens (tertiary/aromatic N) is 2. The highest BCUT2D eigenvalue weighted by atomic mass is 35.5. The van der Waals surface area contributed by atoms with E-state index in [0.717, 1.165) is 21.7 Å². The summed E-state index contributed by atoms with van der Waals surface area (Å²) in [6.07, 6.45) is 1.98. The molecule has 3 aromatic rings. The van der Waals surface area contributed by atoms with Gasteiger partial charge in [-0.05, 0) is 55.7 Å². The van der Waals surface area contributed by atoms with E-state index < -0.39 is 28.5 Å². The highest BCUT2D eigenvalue weighted by Crippen LogP contribution is 2.25. The van der Waals surface area contributed by atoms with Gasteiger partial charge in [-0.15, -0.1) is 0 Å². The van der Waals surface area contributed by atoms with Gasteiger partial charge in [0.1, 0.15) is 12.6 Å². The van der Waals surface area contributed by atoms with Crippen LogP contribution in [-0.4, -0.2) is 50.0 Å². The molecule has 0 spiro atoms. The van der Waals surface area contributed by atoms with Crippen LogP contribution in [0.15, 0.2) is 72.8 Å². The van der Waals surface area contributed by atoms with Gasteiger partial charge in [0.15, 0.2) is 0 Å². The van der Waals surface area contributed by atoms with E-state index in [0.29, 0.717) is 27.7 Å². The minimum atomic E-state index is -3.83. The van der Waals surface area contributed by atoms with Crippen molar-refractivity contribution in [3.05, 3.63) is 99.5 Å². The van der Waals surface area contributed by atoms with Crippen LogP contribution in [0.4, 0.5) is 5.69 Å². The Balaban J connectivity index is 2.08. The molecular weight excluding hydrogens is 569 g/mol. The number of carbonyl (C=O) groups excluding carboxylic acids is 2. The maximum atomic E-state index is 14.1. The van der Waals surface area contributed by atoms with E-state index in [2.05, 4.69) is 5.32 Å². The number of anilines is 1. The maximum absolute atomic E-state index is 14.1. The van der Waals surface area contributed by atoms with Crippen LogP contribution in [0.3, 0.4) is 0 Å². The van der Waals surface area contributed by atoms with Crippen molar-refractivity contribution in [2.24, 2.45) is 0 Å². The number of hydrogen-bond acceptors (Lipinski definition) is 4. The molecule has 0 aromatic heterocycles. The number of benzene rings is 3. The van der Waals surface area contributed by atoms with Gasteiger partial charge in [0, 0.05) is 29.1 Å². The number of aryl methyl sites for hydroxylation is 1. The molecule has 1 N–H and O–H groups in total. The summed E-state index contributed by atoms with van der Waals surface area (Å²) in [6.45, 7) is 5.23. The number of hydrogen-bond donors (Lipinski definition) is 1. The Hall–Kier alpha value is -3.07. The molecule has 0 aliphatic rings. The standard InChI is InChI=1S/C30H35Cl2N3O4S/c1-5-22(3)33-30(37)28(17-23-9-7-6-8-10-23)34(19-24-13-14-25(31)18-27(24)32)29(36)20-35(40(4,38)39)26-15-11-21(2)12-16-26/h6-16,18,22,28H,5,17,19-20H2,1-4H3,(H,33,37)/t22-,28+/m0/s1. The minimum absolute atomic E-state index is 0.0221. The molecule has 0 saturated heterocycles.